The third-order valence-electron chi connectivity index (χ3n) is 8.75. The zero-order valence-corrected chi connectivity index (χ0v) is 27.7. The van der Waals surface area contributed by atoms with E-state index in [1.54, 1.807) is 4.57 Å². The van der Waals surface area contributed by atoms with E-state index in [-0.39, 0.29) is 17.0 Å². The summed E-state index contributed by atoms with van der Waals surface area (Å²) in [6, 6.07) is 0. The molecule has 6 N–H and O–H groups in total. The molecule has 47 heavy (non-hydrogen) atoms. The Morgan fingerprint density at radius 1 is 0.787 bits per heavy atom. The highest BCUT2D eigenvalue weighted by atomic mass is 32.5. The maximum absolute atomic E-state index is 11.6. The molecule has 2 bridgehead atoms. The molecule has 1 aliphatic carbocycles. The van der Waals surface area contributed by atoms with Crippen molar-refractivity contribution >= 4 is 65.1 Å². The largest absolute Gasteiger partial charge is 0.387 e. The van der Waals surface area contributed by atoms with Crippen molar-refractivity contribution in [3.05, 3.63) is 36.4 Å². The van der Waals surface area contributed by atoms with Crippen LogP contribution in [-0.4, -0.2) is 104 Å². The summed E-state index contributed by atoms with van der Waals surface area (Å²) < 4.78 is 38.5. The zero-order chi connectivity index (χ0) is 32.7. The van der Waals surface area contributed by atoms with Crippen LogP contribution in [0.25, 0.3) is 22.2 Å². The van der Waals surface area contributed by atoms with Crippen molar-refractivity contribution in [3.8, 4) is 0 Å². The predicted octanol–water partition coefficient (Wildman–Crippen LogP) is 0.500. The van der Waals surface area contributed by atoms with E-state index in [0.29, 0.717) is 5.65 Å². The van der Waals surface area contributed by atoms with E-state index >= 15 is 0 Å². The molecule has 4 aromatic heterocycles. The predicted molar refractivity (Wildman–Crippen MR) is 168 cm³/mol. The molecule has 2 unspecified atom stereocenters. The van der Waals surface area contributed by atoms with Gasteiger partial charge in [0.05, 0.1) is 25.2 Å². The molecule has 0 saturated carbocycles. The molecule has 22 heteroatoms. The van der Waals surface area contributed by atoms with Gasteiger partial charge in [-0.05, 0) is 54.9 Å². The number of fused-ring (bicyclic) bond motifs is 4. The fraction of sp³-hybridized carbons (Fsp3) is 0.560. The number of aromatic nitrogens is 7. The van der Waals surface area contributed by atoms with Crippen molar-refractivity contribution in [1.29, 1.82) is 0 Å². The lowest BCUT2D eigenvalue weighted by Crippen LogP contribution is -2.36. The molecule has 252 valence electrons. The average molecular weight is 729 g/mol. The Labute approximate surface area is 276 Å². The van der Waals surface area contributed by atoms with Crippen molar-refractivity contribution < 1.29 is 47.6 Å². The summed E-state index contributed by atoms with van der Waals surface area (Å²) in [5.74, 6) is 0.118. The molecule has 3 aliphatic heterocycles. The highest BCUT2D eigenvalue weighted by molar-refractivity contribution is 8.07. The van der Waals surface area contributed by atoms with E-state index in [1.165, 1.54) is 23.5 Å². The molecule has 0 aromatic carbocycles. The highest BCUT2D eigenvalue weighted by Crippen LogP contribution is 2.54. The Balaban J connectivity index is 1.11. The first-order valence-corrected chi connectivity index (χ1v) is 19.9. The van der Waals surface area contributed by atoms with Crippen LogP contribution in [0.4, 0.5) is 5.82 Å². The smallest absolute Gasteiger partial charge is 0.325 e. The lowest BCUT2D eigenvalue weighted by atomic mass is 10.1. The van der Waals surface area contributed by atoms with Crippen LogP contribution in [0.2, 0.25) is 0 Å². The van der Waals surface area contributed by atoms with Gasteiger partial charge in [0.2, 0.25) is 0 Å². The third kappa shape index (κ3) is 5.73. The monoisotopic (exact) mass is 728 g/mol. The molecule has 0 amide bonds. The second-order valence-electron chi connectivity index (χ2n) is 11.7. The fourth-order valence-electron chi connectivity index (χ4n) is 6.58. The number of imidazole rings is 1. The number of nitrogen functional groups attached to an aromatic ring is 1. The number of hydrogen-bond donors (Lipinski definition) is 5. The quantitative estimate of drug-likeness (QED) is 0.177. The SMILES string of the molecule is Nc1ncnc2c1ncn2[C@@H]1O[C@@H]2COP(O)(=S)O[C@H]3[C@@H](O)[C@H](n4cc5c6c(ncnc64)CCCC5)O[C@@H]3COP(O)(=S)O[C@@H]1[C@@H]2O. The van der Waals surface area contributed by atoms with Gasteiger partial charge in [-0.2, -0.15) is 0 Å². The van der Waals surface area contributed by atoms with E-state index in [4.69, 9.17) is 56.9 Å². The minimum atomic E-state index is -4.14. The van der Waals surface area contributed by atoms with Crippen molar-refractivity contribution in [3.63, 3.8) is 0 Å². The van der Waals surface area contributed by atoms with Crippen molar-refractivity contribution in [2.45, 2.75) is 74.8 Å². The number of aryl methyl sites for hydroxylation is 2. The van der Waals surface area contributed by atoms with Crippen LogP contribution in [0.1, 0.15) is 36.6 Å². The summed E-state index contributed by atoms with van der Waals surface area (Å²) in [7, 11) is 0. The highest BCUT2D eigenvalue weighted by Gasteiger charge is 2.52. The summed E-state index contributed by atoms with van der Waals surface area (Å²) in [5.41, 5.74) is 9.01. The van der Waals surface area contributed by atoms with Gasteiger partial charge in [-0.1, -0.05) is 0 Å². The number of rotatable bonds is 2. The molecule has 4 aliphatic rings. The van der Waals surface area contributed by atoms with Gasteiger partial charge >= 0.3 is 13.4 Å². The van der Waals surface area contributed by atoms with E-state index in [1.807, 2.05) is 6.20 Å². The van der Waals surface area contributed by atoms with Crippen LogP contribution >= 0.6 is 13.4 Å². The van der Waals surface area contributed by atoms with Gasteiger partial charge in [0.1, 0.15) is 60.4 Å². The van der Waals surface area contributed by atoms with Gasteiger partial charge in [-0.15, -0.1) is 0 Å². The molecule has 3 saturated heterocycles. The molecular formula is C25H30N8O10P2S2. The summed E-state index contributed by atoms with van der Waals surface area (Å²) in [6.07, 6.45) is -0.342. The lowest BCUT2D eigenvalue weighted by Gasteiger charge is -2.28. The van der Waals surface area contributed by atoms with Gasteiger partial charge in [-0.3, -0.25) is 13.6 Å². The Bertz CT molecular complexity index is 1950. The topological polar surface area (TPSA) is 237 Å². The molecule has 18 nitrogen and oxygen atoms in total. The first-order chi connectivity index (χ1) is 22.5. The first kappa shape index (κ1) is 32.1. The Hall–Kier alpha value is -2.13. The number of nitrogens with zero attached hydrogens (tertiary/aromatic N) is 7. The van der Waals surface area contributed by atoms with E-state index < -0.39 is 75.7 Å². The minimum Gasteiger partial charge on any atom is -0.387 e. The Morgan fingerprint density at radius 3 is 2.28 bits per heavy atom. The van der Waals surface area contributed by atoms with Crippen LogP contribution in [0.5, 0.6) is 0 Å². The number of ether oxygens (including phenoxy) is 2. The standard InChI is InChI=1S/C25H30N8O10P2S2/c26-21-16-23(30-9-28-21)33(10-31-16)25-20-17(34)13(40-25)6-38-44(36,46)42-19-14(7-39-45(37,47)43-20)41-24(18(19)35)32-5-11-3-1-2-4-12-15(11)22(32)29-8-27-12/h5,8-10,13-14,17-20,24-25,34-35H,1-4,6-7H2,(H,36,46)(H,37,47)(H2,26,28,30)/t13-,14-,17-,18-,19-,20-,24-,25-,44?,45?/m1/s1. The second-order valence-corrected chi connectivity index (χ2v) is 17.2. The Morgan fingerprint density at radius 2 is 1.47 bits per heavy atom. The second kappa shape index (κ2) is 12.0. The molecule has 10 atom stereocenters. The molecular weight excluding hydrogens is 698 g/mol. The van der Waals surface area contributed by atoms with E-state index in [9.17, 15) is 20.0 Å². The number of anilines is 1. The normalized spacial score (nSPS) is 38.0. The zero-order valence-electron chi connectivity index (χ0n) is 24.3. The molecule has 8 rings (SSSR count). The molecule has 3 fully saturated rings. The van der Waals surface area contributed by atoms with Gasteiger partial charge in [0.25, 0.3) is 0 Å². The fourth-order valence-corrected chi connectivity index (χ4v) is 9.44. The van der Waals surface area contributed by atoms with Crippen LogP contribution in [-0.2, 0) is 64.0 Å². The van der Waals surface area contributed by atoms with Crippen molar-refractivity contribution in [1.82, 2.24) is 34.1 Å². The maximum Gasteiger partial charge on any atom is 0.325 e. The third-order valence-corrected chi connectivity index (χ3v) is 11.9. The van der Waals surface area contributed by atoms with Crippen LogP contribution in [0.15, 0.2) is 25.2 Å². The number of nitrogens with two attached hydrogens (primary N) is 1. The number of hydrogen-bond acceptors (Lipinski definition) is 16. The maximum atomic E-state index is 11.6. The summed E-state index contributed by atoms with van der Waals surface area (Å²) in [5, 5.41) is 23.7. The molecule has 4 aromatic rings. The Kier molecular flexibility index (Phi) is 8.21. The molecule has 0 spiro atoms. The van der Waals surface area contributed by atoms with Crippen molar-refractivity contribution in [2.24, 2.45) is 0 Å². The number of aliphatic hydroxyl groups excluding tert-OH is 2. The van der Waals surface area contributed by atoms with E-state index in [2.05, 4.69) is 24.9 Å². The van der Waals surface area contributed by atoms with Crippen LogP contribution in [0, 0.1) is 0 Å². The minimum absolute atomic E-state index is 0.118. The molecule has 0 radical (unpaired) electrons. The summed E-state index contributed by atoms with van der Waals surface area (Å²) in [6.45, 7) is -9.15. The summed E-state index contributed by atoms with van der Waals surface area (Å²) >= 11 is 10.7. The van der Waals surface area contributed by atoms with Gasteiger partial charge in [0, 0.05) is 11.6 Å². The van der Waals surface area contributed by atoms with Crippen LogP contribution in [0.3, 0.4) is 0 Å². The molecule has 7 heterocycles. The average Bonchev–Trinajstić information content (AvgIpc) is 3.74. The van der Waals surface area contributed by atoms with Gasteiger partial charge < -0.3 is 48.8 Å². The van der Waals surface area contributed by atoms with Gasteiger partial charge in [-0.25, -0.2) is 24.9 Å². The van der Waals surface area contributed by atoms with E-state index in [0.717, 1.165) is 42.3 Å². The number of aliphatic hydroxyl groups is 2. The summed E-state index contributed by atoms with van der Waals surface area (Å²) in [4.78, 5) is 43.7. The lowest BCUT2D eigenvalue weighted by molar-refractivity contribution is -0.0606. The first-order valence-electron chi connectivity index (χ1n) is 14.7. The van der Waals surface area contributed by atoms with Gasteiger partial charge in [0.15, 0.2) is 23.9 Å². The van der Waals surface area contributed by atoms with Crippen LogP contribution < -0.4 is 5.73 Å². The van der Waals surface area contributed by atoms with Crippen molar-refractivity contribution in [2.75, 3.05) is 18.9 Å².